The van der Waals surface area contributed by atoms with Crippen molar-refractivity contribution in [2.45, 2.75) is 98.0 Å². The first-order valence-corrected chi connectivity index (χ1v) is 10.1. The summed E-state index contributed by atoms with van der Waals surface area (Å²) in [7, 11) is 0. The molecule has 5 nitrogen and oxygen atoms in total. The van der Waals surface area contributed by atoms with Gasteiger partial charge in [-0.05, 0) is 38.0 Å². The number of rotatable bonds is 3. The molecule has 3 saturated heterocycles. The van der Waals surface area contributed by atoms with E-state index in [9.17, 15) is 0 Å². The summed E-state index contributed by atoms with van der Waals surface area (Å²) >= 11 is 0. The van der Waals surface area contributed by atoms with Crippen molar-refractivity contribution in [1.82, 2.24) is 0 Å². The molecule has 146 valence electrons. The maximum atomic E-state index is 6.57. The highest BCUT2D eigenvalue weighted by atomic mass is 16.7. The van der Waals surface area contributed by atoms with E-state index in [2.05, 4.69) is 41.5 Å². The molecule has 0 N–H and O–H groups in total. The van der Waals surface area contributed by atoms with Crippen LogP contribution in [0, 0.1) is 23.7 Å². The first-order chi connectivity index (χ1) is 11.8. The summed E-state index contributed by atoms with van der Waals surface area (Å²) in [5, 5.41) is 0. The van der Waals surface area contributed by atoms with E-state index in [0.29, 0.717) is 24.4 Å². The predicted octanol–water partition coefficient (Wildman–Crippen LogP) is 3.60. The molecular formula is C20H36O5. The van der Waals surface area contributed by atoms with Gasteiger partial charge in [-0.25, -0.2) is 0 Å². The van der Waals surface area contributed by atoms with Crippen LogP contribution in [0.15, 0.2) is 0 Å². The van der Waals surface area contributed by atoms with Crippen molar-refractivity contribution >= 4 is 0 Å². The minimum absolute atomic E-state index is 0.0522. The van der Waals surface area contributed by atoms with Crippen LogP contribution in [0.2, 0.25) is 0 Å². The number of hydrogen-bond acceptors (Lipinski definition) is 5. The van der Waals surface area contributed by atoms with Crippen molar-refractivity contribution in [2.24, 2.45) is 23.7 Å². The van der Waals surface area contributed by atoms with E-state index in [1.165, 1.54) is 0 Å². The Hall–Kier alpha value is -0.200. The van der Waals surface area contributed by atoms with E-state index in [-0.39, 0.29) is 49.0 Å². The molecular weight excluding hydrogens is 320 g/mol. The fourth-order valence-electron chi connectivity index (χ4n) is 4.49. The number of fused-ring (bicyclic) bond motifs is 1. The maximum Gasteiger partial charge on any atom is 0.161 e. The van der Waals surface area contributed by atoms with Crippen molar-refractivity contribution in [3.63, 3.8) is 0 Å². The van der Waals surface area contributed by atoms with Gasteiger partial charge in [0, 0.05) is 5.92 Å². The van der Waals surface area contributed by atoms with Crippen LogP contribution in [0.3, 0.4) is 0 Å². The summed E-state index contributed by atoms with van der Waals surface area (Å²) in [5.41, 5.74) is 0. The third-order valence-electron chi connectivity index (χ3n) is 6.83. The van der Waals surface area contributed by atoms with Gasteiger partial charge in [0.25, 0.3) is 0 Å². The minimum atomic E-state index is -0.234. The zero-order chi connectivity index (χ0) is 18.3. The van der Waals surface area contributed by atoms with Gasteiger partial charge in [0.2, 0.25) is 0 Å². The zero-order valence-electron chi connectivity index (χ0n) is 16.8. The van der Waals surface area contributed by atoms with E-state index in [0.717, 1.165) is 6.42 Å². The molecule has 0 radical (unpaired) electrons. The average molecular weight is 357 g/mol. The Morgan fingerprint density at radius 2 is 1.56 bits per heavy atom. The van der Waals surface area contributed by atoms with Crippen molar-refractivity contribution in [2.75, 3.05) is 6.61 Å². The molecule has 3 aliphatic heterocycles. The summed E-state index contributed by atoms with van der Waals surface area (Å²) < 4.78 is 30.7. The van der Waals surface area contributed by atoms with Gasteiger partial charge < -0.3 is 23.7 Å². The van der Waals surface area contributed by atoms with Gasteiger partial charge >= 0.3 is 0 Å². The van der Waals surface area contributed by atoms with Gasteiger partial charge in [-0.3, -0.25) is 0 Å². The Labute approximate surface area is 152 Å². The SMILES string of the molecule is CCC1O[C@@H](C)[C@H](C)C(C)[C@H]1O[C@@H]1OC2COC(C)O[C@@H]2[C@H](C)C1C. The fourth-order valence-corrected chi connectivity index (χ4v) is 4.49. The van der Waals surface area contributed by atoms with Crippen LogP contribution in [-0.2, 0) is 23.7 Å². The van der Waals surface area contributed by atoms with Gasteiger partial charge in [-0.1, -0.05) is 34.6 Å². The van der Waals surface area contributed by atoms with Crippen LogP contribution in [-0.4, -0.2) is 49.7 Å². The number of hydrogen-bond donors (Lipinski definition) is 0. The standard InChI is InChI=1S/C20H36O5/c1-8-16-18(11(3)10(2)14(6)22-16)25-20-13(5)12(4)19-17(24-20)9-21-15(7)23-19/h10-20H,8-9H2,1-7H3/t10-,11?,12-,13?,14+,15?,16?,17?,18-,19-,20+/m1/s1. The molecule has 25 heavy (non-hydrogen) atoms. The third kappa shape index (κ3) is 3.77. The normalized spacial score (nSPS) is 54.1. The van der Waals surface area contributed by atoms with Crippen molar-refractivity contribution in [3.05, 3.63) is 0 Å². The lowest BCUT2D eigenvalue weighted by Gasteiger charge is -2.50. The molecule has 11 atom stereocenters. The van der Waals surface area contributed by atoms with E-state index in [4.69, 9.17) is 23.7 Å². The van der Waals surface area contributed by atoms with Crippen LogP contribution in [0.25, 0.3) is 0 Å². The van der Waals surface area contributed by atoms with E-state index >= 15 is 0 Å². The van der Waals surface area contributed by atoms with Gasteiger partial charge in [0.05, 0.1) is 31.0 Å². The summed E-state index contributed by atoms with van der Waals surface area (Å²) in [6.45, 7) is 15.8. The Kier molecular flexibility index (Phi) is 6.11. The lowest BCUT2D eigenvalue weighted by Crippen LogP contribution is -2.59. The molecule has 3 heterocycles. The summed E-state index contributed by atoms with van der Waals surface area (Å²) in [5.74, 6) is 1.55. The molecule has 3 fully saturated rings. The topological polar surface area (TPSA) is 46.2 Å². The largest absolute Gasteiger partial charge is 0.372 e. The van der Waals surface area contributed by atoms with Crippen LogP contribution in [0.5, 0.6) is 0 Å². The Bertz CT molecular complexity index is 440. The highest BCUT2D eigenvalue weighted by molar-refractivity contribution is 4.91. The highest BCUT2D eigenvalue weighted by Gasteiger charge is 2.48. The van der Waals surface area contributed by atoms with Crippen LogP contribution >= 0.6 is 0 Å². The maximum absolute atomic E-state index is 6.57. The molecule has 0 amide bonds. The molecule has 0 saturated carbocycles. The molecule has 5 unspecified atom stereocenters. The Morgan fingerprint density at radius 1 is 0.840 bits per heavy atom. The fraction of sp³-hybridized carbons (Fsp3) is 1.00. The van der Waals surface area contributed by atoms with E-state index in [1.54, 1.807) is 0 Å². The average Bonchev–Trinajstić information content (AvgIpc) is 2.60. The molecule has 0 spiro atoms. The summed E-state index contributed by atoms with van der Waals surface area (Å²) in [6.07, 6.45) is 1.06. The Balaban J connectivity index is 1.71. The molecule has 0 aromatic rings. The lowest BCUT2D eigenvalue weighted by atomic mass is 9.80. The second-order valence-electron chi connectivity index (χ2n) is 8.37. The molecule has 3 aliphatic rings. The first-order valence-electron chi connectivity index (χ1n) is 10.1. The first kappa shape index (κ1) is 19.6. The Morgan fingerprint density at radius 3 is 2.24 bits per heavy atom. The molecule has 5 heteroatoms. The van der Waals surface area contributed by atoms with Crippen LogP contribution < -0.4 is 0 Å². The third-order valence-corrected chi connectivity index (χ3v) is 6.83. The predicted molar refractivity (Wildman–Crippen MR) is 95.1 cm³/mol. The van der Waals surface area contributed by atoms with Gasteiger partial charge in [-0.2, -0.15) is 0 Å². The van der Waals surface area contributed by atoms with Crippen molar-refractivity contribution in [1.29, 1.82) is 0 Å². The van der Waals surface area contributed by atoms with Gasteiger partial charge in [-0.15, -0.1) is 0 Å². The van der Waals surface area contributed by atoms with Crippen molar-refractivity contribution < 1.29 is 23.7 Å². The zero-order valence-corrected chi connectivity index (χ0v) is 16.8. The lowest BCUT2D eigenvalue weighted by molar-refractivity contribution is -0.353. The van der Waals surface area contributed by atoms with Crippen LogP contribution in [0.4, 0.5) is 0 Å². The smallest absolute Gasteiger partial charge is 0.161 e. The van der Waals surface area contributed by atoms with E-state index < -0.39 is 0 Å². The molecule has 0 aromatic carbocycles. The number of ether oxygens (including phenoxy) is 5. The highest BCUT2D eigenvalue weighted by Crippen LogP contribution is 2.40. The monoisotopic (exact) mass is 356 g/mol. The molecule has 0 aromatic heterocycles. The minimum Gasteiger partial charge on any atom is -0.372 e. The molecule has 0 aliphatic carbocycles. The van der Waals surface area contributed by atoms with E-state index in [1.807, 2.05) is 6.92 Å². The summed E-state index contributed by atoms with van der Waals surface area (Å²) in [6, 6.07) is 0. The second-order valence-corrected chi connectivity index (χ2v) is 8.37. The second kappa shape index (κ2) is 7.81. The quantitative estimate of drug-likeness (QED) is 0.773. The summed E-state index contributed by atoms with van der Waals surface area (Å²) in [4.78, 5) is 0. The van der Waals surface area contributed by atoms with Gasteiger partial charge in [0.1, 0.15) is 6.10 Å². The van der Waals surface area contributed by atoms with Crippen LogP contribution in [0.1, 0.15) is 54.9 Å². The molecule has 0 bridgehead atoms. The van der Waals surface area contributed by atoms with Crippen molar-refractivity contribution in [3.8, 4) is 0 Å². The molecule has 3 rings (SSSR count). The van der Waals surface area contributed by atoms with Gasteiger partial charge in [0.15, 0.2) is 12.6 Å².